The zero-order valence-electron chi connectivity index (χ0n) is 13.1. The first-order valence-corrected chi connectivity index (χ1v) is 9.13. The maximum absolute atomic E-state index is 12.1. The first-order valence-electron chi connectivity index (χ1n) is 7.24. The van der Waals surface area contributed by atoms with E-state index >= 15 is 0 Å². The highest BCUT2D eigenvalue weighted by atomic mass is 32.2. The number of anilines is 1. The molecule has 1 amide bonds. The molecule has 2 rings (SSSR count). The number of hydrogen-bond donors (Lipinski definition) is 2. The minimum atomic E-state index is -3.38. The average Bonchev–Trinajstić information content (AvgIpc) is 2.97. The molecule has 23 heavy (non-hydrogen) atoms. The van der Waals surface area contributed by atoms with Gasteiger partial charge >= 0.3 is 0 Å². The van der Waals surface area contributed by atoms with Gasteiger partial charge in [0.15, 0.2) is 0 Å². The Morgan fingerprint density at radius 3 is 2.70 bits per heavy atom. The Labute approximate surface area is 135 Å². The zero-order chi connectivity index (χ0) is 16.9. The maximum atomic E-state index is 12.1. The van der Waals surface area contributed by atoms with E-state index in [0.29, 0.717) is 17.8 Å². The van der Waals surface area contributed by atoms with Crippen LogP contribution in [0.4, 0.5) is 5.69 Å². The highest BCUT2D eigenvalue weighted by molar-refractivity contribution is 7.92. The van der Waals surface area contributed by atoms with Crippen molar-refractivity contribution in [2.75, 3.05) is 17.5 Å². The van der Waals surface area contributed by atoms with Crippen LogP contribution in [0.3, 0.4) is 0 Å². The molecule has 0 radical (unpaired) electrons. The van der Waals surface area contributed by atoms with Crippen molar-refractivity contribution in [3.63, 3.8) is 0 Å². The summed E-state index contributed by atoms with van der Waals surface area (Å²) in [5.41, 5.74) is 1.58. The first kappa shape index (κ1) is 17.1. The number of nitrogens with one attached hydrogen (secondary N) is 2. The fourth-order valence-electron chi connectivity index (χ4n) is 2.09. The number of aryl methyl sites for hydroxylation is 2. The third-order valence-corrected chi connectivity index (χ3v) is 3.85. The van der Waals surface area contributed by atoms with Crippen molar-refractivity contribution in [1.29, 1.82) is 0 Å². The normalized spacial score (nSPS) is 11.2. The largest absolute Gasteiger partial charge is 0.469 e. The number of furan rings is 1. The molecule has 0 saturated carbocycles. The molecule has 0 aliphatic rings. The summed E-state index contributed by atoms with van der Waals surface area (Å²) in [6.45, 7) is 2.29. The second-order valence-corrected chi connectivity index (χ2v) is 7.09. The van der Waals surface area contributed by atoms with Crippen LogP contribution in [0.1, 0.15) is 28.1 Å². The summed E-state index contributed by atoms with van der Waals surface area (Å²) in [4.78, 5) is 12.1. The van der Waals surface area contributed by atoms with Gasteiger partial charge in [0.05, 0.1) is 18.2 Å². The molecule has 0 saturated heterocycles. The molecule has 2 aromatic rings. The predicted octanol–water partition coefficient (Wildman–Crippen LogP) is 2.32. The standard InChI is InChI=1S/C16H20N2O4S/c1-12-7-8-13(11-15(12)18-23(2,20)21)16(19)17-9-3-5-14-6-4-10-22-14/h4,6-8,10-11,18H,3,5,9H2,1-2H3,(H,17,19). The Kier molecular flexibility index (Phi) is 5.44. The first-order chi connectivity index (χ1) is 10.8. The van der Waals surface area contributed by atoms with Crippen molar-refractivity contribution in [1.82, 2.24) is 5.32 Å². The smallest absolute Gasteiger partial charge is 0.251 e. The molecule has 0 bridgehead atoms. The van der Waals surface area contributed by atoms with Crippen LogP contribution < -0.4 is 10.0 Å². The van der Waals surface area contributed by atoms with Gasteiger partial charge in [0, 0.05) is 18.5 Å². The van der Waals surface area contributed by atoms with Gasteiger partial charge in [-0.25, -0.2) is 8.42 Å². The van der Waals surface area contributed by atoms with Crippen molar-refractivity contribution < 1.29 is 17.6 Å². The van der Waals surface area contributed by atoms with Crippen molar-refractivity contribution >= 4 is 21.6 Å². The minimum absolute atomic E-state index is 0.235. The summed E-state index contributed by atoms with van der Waals surface area (Å²) >= 11 is 0. The van der Waals surface area contributed by atoms with E-state index in [2.05, 4.69) is 10.0 Å². The highest BCUT2D eigenvalue weighted by Gasteiger charge is 2.10. The van der Waals surface area contributed by atoms with E-state index in [1.165, 1.54) is 6.07 Å². The van der Waals surface area contributed by atoms with Crippen LogP contribution in [0, 0.1) is 6.92 Å². The van der Waals surface area contributed by atoms with Crippen LogP contribution in [-0.2, 0) is 16.4 Å². The summed E-state index contributed by atoms with van der Waals surface area (Å²) < 4.78 is 30.3. The van der Waals surface area contributed by atoms with Crippen molar-refractivity contribution in [3.8, 4) is 0 Å². The van der Waals surface area contributed by atoms with E-state index in [4.69, 9.17) is 4.42 Å². The Balaban J connectivity index is 1.92. The molecule has 7 heteroatoms. The van der Waals surface area contributed by atoms with Gasteiger partial charge in [0.1, 0.15) is 5.76 Å². The number of carbonyl (C=O) groups excluding carboxylic acids is 1. The summed E-state index contributed by atoms with van der Waals surface area (Å²) in [5, 5.41) is 2.81. The Bertz CT molecular complexity index is 767. The Hall–Kier alpha value is -2.28. The van der Waals surface area contributed by atoms with E-state index in [9.17, 15) is 13.2 Å². The number of benzene rings is 1. The van der Waals surface area contributed by atoms with Crippen LogP contribution >= 0.6 is 0 Å². The van der Waals surface area contributed by atoms with Gasteiger partial charge in [-0.15, -0.1) is 0 Å². The fraction of sp³-hybridized carbons (Fsp3) is 0.312. The molecule has 0 aliphatic heterocycles. The number of sulfonamides is 1. The average molecular weight is 336 g/mol. The number of carbonyl (C=O) groups is 1. The second kappa shape index (κ2) is 7.32. The van der Waals surface area contributed by atoms with Crippen molar-refractivity contribution in [3.05, 3.63) is 53.5 Å². The SMILES string of the molecule is Cc1ccc(C(=O)NCCCc2ccco2)cc1NS(C)(=O)=O. The molecule has 0 spiro atoms. The molecule has 0 aliphatic carbocycles. The van der Waals surface area contributed by atoms with Gasteiger partial charge in [0.25, 0.3) is 5.91 Å². The third-order valence-electron chi connectivity index (χ3n) is 3.26. The predicted molar refractivity (Wildman–Crippen MR) is 89.0 cm³/mol. The minimum Gasteiger partial charge on any atom is -0.469 e. The van der Waals surface area contributed by atoms with E-state index in [-0.39, 0.29) is 5.91 Å². The molecule has 0 unspecified atom stereocenters. The molecule has 1 heterocycles. The molecule has 0 atom stereocenters. The van der Waals surface area contributed by atoms with Gasteiger partial charge in [-0.2, -0.15) is 0 Å². The Morgan fingerprint density at radius 1 is 1.26 bits per heavy atom. The quantitative estimate of drug-likeness (QED) is 0.760. The zero-order valence-corrected chi connectivity index (χ0v) is 13.9. The molecular weight excluding hydrogens is 316 g/mol. The van der Waals surface area contributed by atoms with Gasteiger partial charge < -0.3 is 9.73 Å². The summed E-state index contributed by atoms with van der Waals surface area (Å²) in [5.74, 6) is 0.648. The molecule has 124 valence electrons. The fourth-order valence-corrected chi connectivity index (χ4v) is 2.71. The number of amides is 1. The summed E-state index contributed by atoms with van der Waals surface area (Å²) in [6, 6.07) is 8.65. The van der Waals surface area contributed by atoms with E-state index in [1.807, 2.05) is 12.1 Å². The molecular formula is C16H20N2O4S. The topological polar surface area (TPSA) is 88.4 Å². The lowest BCUT2D eigenvalue weighted by atomic mass is 10.1. The number of hydrogen-bond acceptors (Lipinski definition) is 4. The van der Waals surface area contributed by atoms with Crippen LogP contribution in [0.2, 0.25) is 0 Å². The van der Waals surface area contributed by atoms with Crippen LogP contribution in [0.15, 0.2) is 41.0 Å². The molecule has 6 nitrogen and oxygen atoms in total. The lowest BCUT2D eigenvalue weighted by Gasteiger charge is -2.10. The monoisotopic (exact) mass is 336 g/mol. The van der Waals surface area contributed by atoms with Crippen LogP contribution in [0.5, 0.6) is 0 Å². The summed E-state index contributed by atoms with van der Waals surface area (Å²) in [6.07, 6.45) is 4.21. The van der Waals surface area contributed by atoms with E-state index in [0.717, 1.165) is 30.4 Å². The van der Waals surface area contributed by atoms with Crippen LogP contribution in [-0.4, -0.2) is 27.1 Å². The highest BCUT2D eigenvalue weighted by Crippen LogP contribution is 2.18. The van der Waals surface area contributed by atoms with Crippen molar-refractivity contribution in [2.45, 2.75) is 19.8 Å². The maximum Gasteiger partial charge on any atom is 0.251 e. The lowest BCUT2D eigenvalue weighted by Crippen LogP contribution is -2.25. The Morgan fingerprint density at radius 2 is 2.04 bits per heavy atom. The molecule has 0 fully saturated rings. The molecule has 1 aromatic carbocycles. The van der Waals surface area contributed by atoms with Crippen LogP contribution in [0.25, 0.3) is 0 Å². The van der Waals surface area contributed by atoms with Gasteiger partial charge in [-0.05, 0) is 43.2 Å². The van der Waals surface area contributed by atoms with Gasteiger partial charge in [-0.3, -0.25) is 9.52 Å². The van der Waals surface area contributed by atoms with E-state index < -0.39 is 10.0 Å². The lowest BCUT2D eigenvalue weighted by molar-refractivity contribution is 0.0953. The van der Waals surface area contributed by atoms with E-state index in [1.54, 1.807) is 25.3 Å². The van der Waals surface area contributed by atoms with Gasteiger partial charge in [-0.1, -0.05) is 6.07 Å². The number of rotatable bonds is 7. The third kappa shape index (κ3) is 5.45. The molecule has 1 aromatic heterocycles. The van der Waals surface area contributed by atoms with Crippen molar-refractivity contribution in [2.24, 2.45) is 0 Å². The summed E-state index contributed by atoms with van der Waals surface area (Å²) in [7, 11) is -3.38. The molecule has 2 N–H and O–H groups in total. The second-order valence-electron chi connectivity index (χ2n) is 5.34. The van der Waals surface area contributed by atoms with Gasteiger partial charge in [0.2, 0.25) is 10.0 Å².